The smallest absolute Gasteiger partial charge is 0.315 e. The highest BCUT2D eigenvalue weighted by atomic mass is 32.1. The lowest BCUT2D eigenvalue weighted by Crippen LogP contribution is -2.58. The van der Waals surface area contributed by atoms with Crippen molar-refractivity contribution in [2.75, 3.05) is 6.54 Å². The van der Waals surface area contributed by atoms with Crippen molar-refractivity contribution in [3.05, 3.63) is 0 Å². The maximum Gasteiger partial charge on any atom is 0.315 e. The van der Waals surface area contributed by atoms with Gasteiger partial charge in [-0.05, 0) is 19.3 Å². The maximum atomic E-state index is 11.6. The Balaban J connectivity index is 4.29. The first-order chi connectivity index (χ1) is 7.52. The molecule has 94 valence electrons. The minimum atomic E-state index is -0.550. The summed E-state index contributed by atoms with van der Waals surface area (Å²) < 4.78 is 0. The van der Waals surface area contributed by atoms with Gasteiger partial charge < -0.3 is 16.4 Å². The van der Waals surface area contributed by atoms with Gasteiger partial charge in [0.25, 0.3) is 0 Å². The van der Waals surface area contributed by atoms with E-state index in [9.17, 15) is 4.79 Å². The lowest BCUT2D eigenvalue weighted by molar-refractivity contribution is 0.231. The predicted molar refractivity (Wildman–Crippen MR) is 71.5 cm³/mol. The van der Waals surface area contributed by atoms with Gasteiger partial charge in [-0.3, -0.25) is 0 Å². The Kier molecular flexibility index (Phi) is 7.05. The molecule has 0 saturated carbocycles. The van der Waals surface area contributed by atoms with Gasteiger partial charge in [-0.25, -0.2) is 4.79 Å². The zero-order valence-corrected chi connectivity index (χ0v) is 11.2. The predicted octanol–water partition coefficient (Wildman–Crippen LogP) is 1.93. The molecule has 4 nitrogen and oxygen atoms in total. The van der Waals surface area contributed by atoms with Crippen molar-refractivity contribution in [1.29, 1.82) is 0 Å². The van der Waals surface area contributed by atoms with E-state index in [4.69, 9.17) is 18.0 Å². The number of nitrogens with one attached hydrogen (secondary N) is 2. The molecule has 0 aliphatic rings. The van der Waals surface area contributed by atoms with Crippen LogP contribution in [0.2, 0.25) is 0 Å². The second-order valence-electron chi connectivity index (χ2n) is 3.89. The van der Waals surface area contributed by atoms with Crippen LogP contribution in [0, 0.1) is 0 Å². The third-order valence-electron chi connectivity index (χ3n) is 2.85. The van der Waals surface area contributed by atoms with Gasteiger partial charge in [0.05, 0.1) is 10.5 Å². The van der Waals surface area contributed by atoms with Gasteiger partial charge in [0, 0.05) is 6.54 Å². The molecular formula is C11H23N3OS. The van der Waals surface area contributed by atoms with Crippen LogP contribution in [0.1, 0.15) is 46.5 Å². The van der Waals surface area contributed by atoms with Crippen molar-refractivity contribution in [1.82, 2.24) is 10.6 Å². The maximum absolute atomic E-state index is 11.6. The second-order valence-corrected chi connectivity index (χ2v) is 4.33. The summed E-state index contributed by atoms with van der Waals surface area (Å²) >= 11 is 5.02. The quantitative estimate of drug-likeness (QED) is 0.474. The van der Waals surface area contributed by atoms with E-state index in [1.54, 1.807) is 0 Å². The van der Waals surface area contributed by atoms with Crippen LogP contribution in [0.4, 0.5) is 4.79 Å². The largest absolute Gasteiger partial charge is 0.391 e. The van der Waals surface area contributed by atoms with E-state index >= 15 is 0 Å². The highest BCUT2D eigenvalue weighted by molar-refractivity contribution is 7.80. The molecule has 0 aliphatic heterocycles. The summed E-state index contributed by atoms with van der Waals surface area (Å²) in [6.07, 6.45) is 3.45. The summed E-state index contributed by atoms with van der Waals surface area (Å²) in [5.74, 6) is 0. The molecule has 0 unspecified atom stereocenters. The minimum Gasteiger partial charge on any atom is -0.391 e. The Bertz CT molecular complexity index is 239. The summed E-state index contributed by atoms with van der Waals surface area (Å²) in [7, 11) is 0. The molecule has 16 heavy (non-hydrogen) atoms. The van der Waals surface area contributed by atoms with Crippen molar-refractivity contribution in [2.45, 2.75) is 52.0 Å². The third kappa shape index (κ3) is 4.35. The minimum absolute atomic E-state index is 0.190. The molecule has 0 heterocycles. The Morgan fingerprint density at radius 1 is 1.31 bits per heavy atom. The fourth-order valence-electron chi connectivity index (χ4n) is 1.48. The van der Waals surface area contributed by atoms with Crippen LogP contribution in [-0.4, -0.2) is 23.1 Å². The highest BCUT2D eigenvalue weighted by Crippen LogP contribution is 2.15. The van der Waals surface area contributed by atoms with Gasteiger partial charge >= 0.3 is 6.03 Å². The van der Waals surface area contributed by atoms with E-state index in [0.29, 0.717) is 24.4 Å². The SMILES string of the molecule is CCCCNC(=O)NC(CC)(CC)C(N)=S. The Hall–Kier alpha value is -0.840. The number of hydrogen-bond acceptors (Lipinski definition) is 2. The van der Waals surface area contributed by atoms with Gasteiger partial charge in [0.1, 0.15) is 0 Å². The topological polar surface area (TPSA) is 67.2 Å². The number of amides is 2. The van der Waals surface area contributed by atoms with E-state index in [2.05, 4.69) is 17.6 Å². The van der Waals surface area contributed by atoms with E-state index in [1.807, 2.05) is 13.8 Å². The molecule has 2 amide bonds. The number of hydrogen-bond donors (Lipinski definition) is 3. The molecule has 0 radical (unpaired) electrons. The number of carbonyl (C=O) groups excluding carboxylic acids is 1. The van der Waals surface area contributed by atoms with E-state index < -0.39 is 5.54 Å². The average molecular weight is 245 g/mol. The fraction of sp³-hybridized carbons (Fsp3) is 0.818. The van der Waals surface area contributed by atoms with Gasteiger partial charge in [0.2, 0.25) is 0 Å². The molecule has 0 fully saturated rings. The molecule has 0 aliphatic carbocycles. The second kappa shape index (κ2) is 7.44. The third-order valence-corrected chi connectivity index (χ3v) is 3.24. The standard InChI is InChI=1S/C11H23N3OS/c1-4-7-8-13-10(15)14-11(5-2,6-3)9(12)16/h4-8H2,1-3H3,(H2,12,16)(H2,13,14,15). The van der Waals surface area contributed by atoms with Crippen LogP contribution in [0.3, 0.4) is 0 Å². The van der Waals surface area contributed by atoms with Gasteiger partial charge in [0.15, 0.2) is 0 Å². The van der Waals surface area contributed by atoms with Crippen LogP contribution in [0.25, 0.3) is 0 Å². The van der Waals surface area contributed by atoms with Crippen LogP contribution in [0.5, 0.6) is 0 Å². The van der Waals surface area contributed by atoms with E-state index in [1.165, 1.54) is 0 Å². The summed E-state index contributed by atoms with van der Waals surface area (Å²) in [5, 5.41) is 5.67. The Labute approximate surface area is 103 Å². The average Bonchev–Trinajstić information content (AvgIpc) is 2.26. The first kappa shape index (κ1) is 15.2. The Morgan fingerprint density at radius 2 is 1.88 bits per heavy atom. The normalized spacial score (nSPS) is 10.9. The molecule has 0 spiro atoms. The van der Waals surface area contributed by atoms with Crippen molar-refractivity contribution in [3.63, 3.8) is 0 Å². The molecular weight excluding hydrogens is 222 g/mol. The lowest BCUT2D eigenvalue weighted by Gasteiger charge is -2.31. The molecule has 0 aromatic carbocycles. The first-order valence-electron chi connectivity index (χ1n) is 5.88. The first-order valence-corrected chi connectivity index (χ1v) is 6.29. The van der Waals surface area contributed by atoms with Gasteiger partial charge in [-0.1, -0.05) is 39.4 Å². The molecule has 4 N–H and O–H groups in total. The molecule has 5 heteroatoms. The van der Waals surface area contributed by atoms with Gasteiger partial charge in [-0.2, -0.15) is 0 Å². The number of nitrogens with two attached hydrogens (primary N) is 1. The lowest BCUT2D eigenvalue weighted by atomic mass is 9.93. The highest BCUT2D eigenvalue weighted by Gasteiger charge is 2.31. The van der Waals surface area contributed by atoms with Crippen molar-refractivity contribution in [2.24, 2.45) is 5.73 Å². The van der Waals surface area contributed by atoms with Crippen molar-refractivity contribution >= 4 is 23.2 Å². The summed E-state index contributed by atoms with van der Waals surface area (Å²) in [6, 6.07) is -0.190. The zero-order valence-electron chi connectivity index (χ0n) is 10.4. The summed E-state index contributed by atoms with van der Waals surface area (Å²) in [6.45, 7) is 6.70. The summed E-state index contributed by atoms with van der Waals surface area (Å²) in [5.41, 5.74) is 5.13. The molecule has 0 atom stereocenters. The number of rotatable bonds is 7. The van der Waals surface area contributed by atoms with E-state index in [0.717, 1.165) is 12.8 Å². The number of unbranched alkanes of at least 4 members (excludes halogenated alkanes) is 1. The Morgan fingerprint density at radius 3 is 2.25 bits per heavy atom. The molecule has 0 rings (SSSR count). The fourth-order valence-corrected chi connectivity index (χ4v) is 1.82. The molecule has 0 aromatic heterocycles. The zero-order chi connectivity index (χ0) is 12.6. The van der Waals surface area contributed by atoms with E-state index in [-0.39, 0.29) is 6.03 Å². The molecule has 0 bridgehead atoms. The van der Waals surface area contributed by atoms with Gasteiger partial charge in [-0.15, -0.1) is 0 Å². The summed E-state index contributed by atoms with van der Waals surface area (Å²) in [4.78, 5) is 12.0. The van der Waals surface area contributed by atoms with Crippen molar-refractivity contribution < 1.29 is 4.79 Å². The van der Waals surface area contributed by atoms with Crippen LogP contribution in [0.15, 0.2) is 0 Å². The monoisotopic (exact) mass is 245 g/mol. The van der Waals surface area contributed by atoms with Crippen molar-refractivity contribution in [3.8, 4) is 0 Å². The number of urea groups is 1. The van der Waals surface area contributed by atoms with Crippen LogP contribution < -0.4 is 16.4 Å². The number of carbonyl (C=O) groups is 1. The van der Waals surface area contributed by atoms with Crippen LogP contribution >= 0.6 is 12.2 Å². The number of thiocarbonyl (C=S) groups is 1. The molecule has 0 saturated heterocycles. The van der Waals surface area contributed by atoms with Crippen LogP contribution in [-0.2, 0) is 0 Å². The molecule has 0 aromatic rings.